The molecule has 0 unspecified atom stereocenters. The number of phenols is 1. The Morgan fingerprint density at radius 1 is 1.10 bits per heavy atom. The Bertz CT molecular complexity index is 763. The van der Waals surface area contributed by atoms with Gasteiger partial charge in [-0.2, -0.15) is 0 Å². The minimum absolute atomic E-state index is 0.0345. The summed E-state index contributed by atoms with van der Waals surface area (Å²) >= 11 is 0. The standard InChI is InChI=1S/C12H10F2N2O3S/c13-9-5-10(14)12(6-11(9)15)20(18,19)16-7-2-1-3-8(17)4-7/h1-6,16-17H,15H2. The van der Waals surface area contributed by atoms with E-state index in [4.69, 9.17) is 5.73 Å². The number of rotatable bonds is 3. The van der Waals surface area contributed by atoms with E-state index in [9.17, 15) is 22.3 Å². The predicted octanol–water partition coefficient (Wildman–Crippen LogP) is 2.05. The smallest absolute Gasteiger partial charge is 0.264 e. The first-order valence-electron chi connectivity index (χ1n) is 5.36. The first-order chi connectivity index (χ1) is 9.29. The van der Waals surface area contributed by atoms with Crippen LogP contribution in [0.3, 0.4) is 0 Å². The number of halogens is 2. The van der Waals surface area contributed by atoms with E-state index in [0.29, 0.717) is 12.1 Å². The Labute approximate surface area is 113 Å². The molecule has 2 aromatic carbocycles. The van der Waals surface area contributed by atoms with Crippen LogP contribution in [0.1, 0.15) is 0 Å². The van der Waals surface area contributed by atoms with Gasteiger partial charge in [-0.15, -0.1) is 0 Å². The number of phenolic OH excluding ortho intramolecular Hbond substituents is 1. The minimum Gasteiger partial charge on any atom is -0.508 e. The van der Waals surface area contributed by atoms with Crippen LogP contribution >= 0.6 is 0 Å². The van der Waals surface area contributed by atoms with Gasteiger partial charge < -0.3 is 10.8 Å². The van der Waals surface area contributed by atoms with Gasteiger partial charge in [-0.3, -0.25) is 4.72 Å². The van der Waals surface area contributed by atoms with Gasteiger partial charge in [0.1, 0.15) is 22.3 Å². The maximum absolute atomic E-state index is 13.5. The number of nitrogen functional groups attached to an aromatic ring is 1. The Kier molecular flexibility index (Phi) is 3.49. The fraction of sp³-hybridized carbons (Fsp3) is 0. The number of hydrogen-bond donors (Lipinski definition) is 3. The molecule has 4 N–H and O–H groups in total. The number of sulfonamides is 1. The second-order valence-corrected chi connectivity index (χ2v) is 5.61. The Morgan fingerprint density at radius 2 is 1.80 bits per heavy atom. The van der Waals surface area contributed by atoms with Gasteiger partial charge in [0.15, 0.2) is 0 Å². The lowest BCUT2D eigenvalue weighted by atomic mass is 10.3. The fourth-order valence-electron chi connectivity index (χ4n) is 1.53. The van der Waals surface area contributed by atoms with E-state index < -0.39 is 32.2 Å². The van der Waals surface area contributed by atoms with Gasteiger partial charge in [-0.1, -0.05) is 6.07 Å². The quantitative estimate of drug-likeness (QED) is 0.756. The van der Waals surface area contributed by atoms with Gasteiger partial charge in [0.25, 0.3) is 10.0 Å². The normalized spacial score (nSPS) is 11.3. The SMILES string of the molecule is Nc1cc(S(=O)(=O)Nc2cccc(O)c2)c(F)cc1F. The highest BCUT2D eigenvalue weighted by Crippen LogP contribution is 2.24. The summed E-state index contributed by atoms with van der Waals surface area (Å²) in [7, 11) is -4.28. The summed E-state index contributed by atoms with van der Waals surface area (Å²) in [6.45, 7) is 0. The first kappa shape index (κ1) is 14.1. The summed E-state index contributed by atoms with van der Waals surface area (Å²) in [6.07, 6.45) is 0. The topological polar surface area (TPSA) is 92.4 Å². The molecular formula is C12H10F2N2O3S. The molecule has 0 spiro atoms. The van der Waals surface area contributed by atoms with Crippen molar-refractivity contribution in [3.05, 3.63) is 48.0 Å². The summed E-state index contributed by atoms with van der Waals surface area (Å²) in [5.41, 5.74) is 4.78. The van der Waals surface area contributed by atoms with E-state index in [1.807, 2.05) is 0 Å². The summed E-state index contributed by atoms with van der Waals surface area (Å²) in [5, 5.41) is 9.24. The molecule has 0 bridgehead atoms. The van der Waals surface area contributed by atoms with E-state index in [1.54, 1.807) is 0 Å². The van der Waals surface area contributed by atoms with Crippen LogP contribution in [0.25, 0.3) is 0 Å². The minimum atomic E-state index is -4.28. The van der Waals surface area contributed by atoms with Crippen LogP contribution in [0, 0.1) is 11.6 Å². The molecule has 0 saturated heterocycles. The third-order valence-corrected chi connectivity index (χ3v) is 3.84. The van der Waals surface area contributed by atoms with Crippen molar-refractivity contribution in [1.29, 1.82) is 0 Å². The Hall–Kier alpha value is -2.35. The molecule has 0 heterocycles. The average molecular weight is 300 g/mol. The molecule has 20 heavy (non-hydrogen) atoms. The molecule has 0 atom stereocenters. The van der Waals surface area contributed by atoms with E-state index in [-0.39, 0.29) is 11.4 Å². The van der Waals surface area contributed by atoms with Gasteiger partial charge in [0, 0.05) is 12.1 Å². The average Bonchev–Trinajstić information content (AvgIpc) is 2.33. The summed E-state index contributed by atoms with van der Waals surface area (Å²) < 4.78 is 52.6. The van der Waals surface area contributed by atoms with Gasteiger partial charge in [-0.25, -0.2) is 17.2 Å². The zero-order valence-corrected chi connectivity index (χ0v) is 10.8. The molecule has 0 amide bonds. The largest absolute Gasteiger partial charge is 0.508 e. The fourth-order valence-corrected chi connectivity index (χ4v) is 2.68. The lowest BCUT2D eigenvalue weighted by molar-refractivity contribution is 0.475. The van der Waals surface area contributed by atoms with Crippen molar-refractivity contribution in [2.45, 2.75) is 4.90 Å². The lowest BCUT2D eigenvalue weighted by Gasteiger charge is -2.10. The highest BCUT2D eigenvalue weighted by Gasteiger charge is 2.21. The van der Waals surface area contributed by atoms with Gasteiger partial charge in [0.05, 0.1) is 11.4 Å². The number of benzene rings is 2. The zero-order valence-electron chi connectivity index (χ0n) is 9.97. The van der Waals surface area contributed by atoms with Crippen LogP contribution in [0.2, 0.25) is 0 Å². The monoisotopic (exact) mass is 300 g/mol. The molecule has 2 rings (SSSR count). The summed E-state index contributed by atoms with van der Waals surface area (Å²) in [4.78, 5) is -0.778. The molecule has 0 aromatic heterocycles. The van der Waals surface area contributed by atoms with Crippen LogP contribution in [0.15, 0.2) is 41.3 Å². The van der Waals surface area contributed by atoms with Crippen LogP contribution in [0.5, 0.6) is 5.75 Å². The summed E-state index contributed by atoms with van der Waals surface area (Å²) in [6, 6.07) is 6.34. The molecule has 106 valence electrons. The van der Waals surface area contributed by atoms with E-state index in [0.717, 1.165) is 6.07 Å². The van der Waals surface area contributed by atoms with Crippen LogP contribution in [-0.4, -0.2) is 13.5 Å². The van der Waals surface area contributed by atoms with Crippen molar-refractivity contribution in [3.8, 4) is 5.75 Å². The van der Waals surface area contributed by atoms with Crippen LogP contribution in [-0.2, 0) is 10.0 Å². The van der Waals surface area contributed by atoms with Crippen molar-refractivity contribution < 1.29 is 22.3 Å². The number of anilines is 2. The molecule has 0 radical (unpaired) electrons. The number of nitrogens with one attached hydrogen (secondary N) is 1. The molecule has 2 aromatic rings. The maximum atomic E-state index is 13.5. The second-order valence-electron chi connectivity index (χ2n) is 3.96. The van der Waals surface area contributed by atoms with Crippen molar-refractivity contribution in [2.75, 3.05) is 10.5 Å². The molecule has 0 fully saturated rings. The van der Waals surface area contributed by atoms with Crippen LogP contribution < -0.4 is 10.5 Å². The van der Waals surface area contributed by atoms with Crippen LogP contribution in [0.4, 0.5) is 20.2 Å². The number of hydrogen-bond acceptors (Lipinski definition) is 4. The first-order valence-corrected chi connectivity index (χ1v) is 6.84. The molecule has 0 aliphatic rings. The lowest BCUT2D eigenvalue weighted by Crippen LogP contribution is -2.15. The van der Waals surface area contributed by atoms with Gasteiger partial charge in [0.2, 0.25) is 0 Å². The number of aromatic hydroxyl groups is 1. The molecule has 0 aliphatic heterocycles. The Balaban J connectivity index is 2.43. The highest BCUT2D eigenvalue weighted by atomic mass is 32.2. The number of nitrogens with two attached hydrogens (primary N) is 1. The predicted molar refractivity (Wildman–Crippen MR) is 69.7 cm³/mol. The molecular weight excluding hydrogens is 290 g/mol. The Morgan fingerprint density at radius 3 is 2.45 bits per heavy atom. The van der Waals surface area contributed by atoms with Gasteiger partial charge in [-0.05, 0) is 18.2 Å². The second kappa shape index (κ2) is 4.97. The zero-order chi connectivity index (χ0) is 14.9. The third kappa shape index (κ3) is 2.80. The summed E-state index contributed by atoms with van der Waals surface area (Å²) in [5.74, 6) is -2.47. The van der Waals surface area contributed by atoms with Crippen molar-refractivity contribution in [3.63, 3.8) is 0 Å². The molecule has 0 aliphatic carbocycles. The third-order valence-electron chi connectivity index (χ3n) is 2.44. The highest BCUT2D eigenvalue weighted by molar-refractivity contribution is 7.92. The maximum Gasteiger partial charge on any atom is 0.264 e. The van der Waals surface area contributed by atoms with E-state index in [2.05, 4.69) is 4.72 Å². The molecule has 0 saturated carbocycles. The van der Waals surface area contributed by atoms with Crippen molar-refractivity contribution in [1.82, 2.24) is 0 Å². The van der Waals surface area contributed by atoms with E-state index >= 15 is 0 Å². The van der Waals surface area contributed by atoms with Crippen molar-refractivity contribution >= 4 is 21.4 Å². The van der Waals surface area contributed by atoms with Gasteiger partial charge >= 0.3 is 0 Å². The van der Waals surface area contributed by atoms with Crippen molar-refractivity contribution in [2.24, 2.45) is 0 Å². The molecule has 8 heteroatoms. The molecule has 5 nitrogen and oxygen atoms in total. The van der Waals surface area contributed by atoms with E-state index in [1.165, 1.54) is 18.2 Å².